The molecule has 0 fully saturated rings. The van der Waals surface area contributed by atoms with Crippen LogP contribution in [0.1, 0.15) is 58.2 Å². The van der Waals surface area contributed by atoms with E-state index in [4.69, 9.17) is 5.11 Å². The summed E-state index contributed by atoms with van der Waals surface area (Å²) < 4.78 is 1.57. The van der Waals surface area contributed by atoms with Crippen LogP contribution in [0, 0.1) is 13.8 Å². The van der Waals surface area contributed by atoms with Gasteiger partial charge in [-0.25, -0.2) is 14.3 Å². The van der Waals surface area contributed by atoms with Gasteiger partial charge in [-0.3, -0.25) is 4.79 Å². The topological polar surface area (TPSA) is 96.6 Å². The van der Waals surface area contributed by atoms with Gasteiger partial charge in [0.15, 0.2) is 12.1 Å². The molecule has 0 unspecified atom stereocenters. The van der Waals surface area contributed by atoms with Gasteiger partial charge in [0.05, 0.1) is 5.56 Å². The van der Waals surface area contributed by atoms with Crippen molar-refractivity contribution in [3.05, 3.63) is 88.9 Å². The van der Waals surface area contributed by atoms with Crippen LogP contribution in [-0.4, -0.2) is 32.0 Å². The van der Waals surface area contributed by atoms with Gasteiger partial charge in [-0.1, -0.05) is 57.2 Å². The molecule has 2 aromatic carbocycles. The molecule has 0 radical (unpaired) electrons. The summed E-state index contributed by atoms with van der Waals surface area (Å²) in [5.74, 6) is -0.487. The lowest BCUT2D eigenvalue weighted by molar-refractivity contribution is 0.0696. The number of fused-ring (bicyclic) bond motifs is 1. The second-order valence-corrected chi connectivity index (χ2v) is 7.03. The summed E-state index contributed by atoms with van der Waals surface area (Å²) in [7, 11) is 0. The predicted octanol–water partition coefficient (Wildman–Crippen LogP) is 5.88. The zero-order chi connectivity index (χ0) is 24.4. The predicted molar refractivity (Wildman–Crippen MR) is 132 cm³/mol. The molecule has 0 atom stereocenters. The molecule has 4 rings (SSSR count). The molecule has 7 heteroatoms. The van der Waals surface area contributed by atoms with Crippen LogP contribution < -0.4 is 5.32 Å². The zero-order valence-electron chi connectivity index (χ0n) is 19.7. The van der Waals surface area contributed by atoms with E-state index in [9.17, 15) is 9.59 Å². The van der Waals surface area contributed by atoms with Gasteiger partial charge in [0.2, 0.25) is 0 Å². The maximum Gasteiger partial charge on any atom is 0.335 e. The van der Waals surface area contributed by atoms with Crippen molar-refractivity contribution < 1.29 is 14.7 Å². The Hall–Kier alpha value is -4.00. The van der Waals surface area contributed by atoms with Crippen LogP contribution in [0.5, 0.6) is 0 Å². The van der Waals surface area contributed by atoms with E-state index in [1.165, 1.54) is 11.9 Å². The molecule has 0 amide bonds. The average Bonchev–Trinajstić information content (AvgIpc) is 3.19. The lowest BCUT2D eigenvalue weighted by atomic mass is 10.1. The van der Waals surface area contributed by atoms with Crippen LogP contribution in [0.2, 0.25) is 0 Å². The fraction of sp³-hybridized carbons (Fsp3) is 0.231. The molecule has 2 N–H and O–H groups in total. The van der Waals surface area contributed by atoms with Gasteiger partial charge in [0, 0.05) is 17.4 Å². The van der Waals surface area contributed by atoms with Gasteiger partial charge in [-0.15, -0.1) is 0 Å². The molecule has 0 aliphatic heterocycles. The fourth-order valence-corrected chi connectivity index (χ4v) is 3.12. The third-order valence-corrected chi connectivity index (χ3v) is 4.98. The largest absolute Gasteiger partial charge is 0.478 e. The molecule has 0 saturated heterocycles. The molecule has 172 valence electrons. The number of nitrogens with one attached hydrogen (secondary N) is 1. The van der Waals surface area contributed by atoms with E-state index in [0.717, 1.165) is 23.8 Å². The quantitative estimate of drug-likeness (QED) is 0.372. The highest BCUT2D eigenvalue weighted by atomic mass is 16.4. The maximum absolute atomic E-state index is 11.1. The van der Waals surface area contributed by atoms with Crippen LogP contribution in [-0.2, 0) is 6.42 Å². The number of hydrogen-bond acceptors (Lipinski definition) is 5. The summed E-state index contributed by atoms with van der Waals surface area (Å²) in [5.41, 5.74) is 5.08. The summed E-state index contributed by atoms with van der Waals surface area (Å²) >= 11 is 0. The van der Waals surface area contributed by atoms with Crippen molar-refractivity contribution >= 4 is 29.3 Å². The zero-order valence-corrected chi connectivity index (χ0v) is 19.7. The first-order chi connectivity index (χ1) is 15.9. The van der Waals surface area contributed by atoms with Crippen molar-refractivity contribution in [2.24, 2.45) is 0 Å². The van der Waals surface area contributed by atoms with Gasteiger partial charge in [0.1, 0.15) is 11.8 Å². The first kappa shape index (κ1) is 25.3. The summed E-state index contributed by atoms with van der Waals surface area (Å²) in [6, 6.07) is 15.3. The molecule has 0 saturated carbocycles. The van der Waals surface area contributed by atoms with Crippen molar-refractivity contribution in [1.82, 2.24) is 14.6 Å². The standard InChI is InChI=1S/C16H14N4O3.C8H10.C2H6/c1-9-3-4-11(16(22)23)5-13(9)19-15-14-10(2)12(7-21)6-20(14)18-8-17-15;1-2-8-6-4-3-5-7-8;1-2/h3-8H,1-2H3,(H,22,23)(H,17,18,19);3-7H,2H2,1H3;1-2H3. The van der Waals surface area contributed by atoms with Gasteiger partial charge < -0.3 is 10.4 Å². The Bertz CT molecular complexity index is 1220. The number of anilines is 2. The third kappa shape index (κ3) is 6.26. The lowest BCUT2D eigenvalue weighted by Gasteiger charge is -2.11. The van der Waals surface area contributed by atoms with Crippen LogP contribution in [0.25, 0.3) is 5.52 Å². The highest BCUT2D eigenvalue weighted by molar-refractivity contribution is 5.91. The van der Waals surface area contributed by atoms with Crippen molar-refractivity contribution in [3.63, 3.8) is 0 Å². The van der Waals surface area contributed by atoms with Crippen LogP contribution in [0.3, 0.4) is 0 Å². The van der Waals surface area contributed by atoms with Gasteiger partial charge in [-0.2, -0.15) is 5.10 Å². The second-order valence-electron chi connectivity index (χ2n) is 7.03. The SMILES string of the molecule is CC.CCc1ccccc1.Cc1ccc(C(=O)O)cc1Nc1ncnn2cc(C=O)c(C)c12. The molecular weight excluding hydrogens is 416 g/mol. The molecule has 0 spiro atoms. The lowest BCUT2D eigenvalue weighted by Crippen LogP contribution is -2.03. The van der Waals surface area contributed by atoms with Crippen LogP contribution in [0.15, 0.2) is 61.1 Å². The third-order valence-electron chi connectivity index (χ3n) is 4.98. The molecule has 7 nitrogen and oxygen atoms in total. The highest BCUT2D eigenvalue weighted by Gasteiger charge is 2.14. The maximum atomic E-state index is 11.1. The number of carbonyl (C=O) groups excluding carboxylic acids is 1. The fourth-order valence-electron chi connectivity index (χ4n) is 3.12. The van der Waals surface area contributed by atoms with Gasteiger partial charge >= 0.3 is 5.97 Å². The first-order valence-electron chi connectivity index (χ1n) is 10.9. The normalized spacial score (nSPS) is 9.85. The van der Waals surface area contributed by atoms with Crippen molar-refractivity contribution in [2.75, 3.05) is 5.32 Å². The van der Waals surface area contributed by atoms with E-state index in [0.29, 0.717) is 22.6 Å². The van der Waals surface area contributed by atoms with E-state index in [-0.39, 0.29) is 5.56 Å². The molecular formula is C26H30N4O3. The number of rotatable bonds is 5. The number of aryl methyl sites for hydroxylation is 3. The number of aromatic carboxylic acids is 1. The van der Waals surface area contributed by atoms with Gasteiger partial charge in [-0.05, 0) is 49.1 Å². The Balaban J connectivity index is 0.000000323. The number of hydrogen-bond donors (Lipinski definition) is 2. The molecule has 33 heavy (non-hydrogen) atoms. The van der Waals surface area contributed by atoms with Crippen LogP contribution >= 0.6 is 0 Å². The van der Waals surface area contributed by atoms with E-state index in [1.54, 1.807) is 28.9 Å². The van der Waals surface area contributed by atoms with Gasteiger partial charge in [0.25, 0.3) is 0 Å². The molecule has 4 aromatic rings. The Morgan fingerprint density at radius 3 is 2.39 bits per heavy atom. The molecule has 0 aliphatic rings. The molecule has 2 aromatic heterocycles. The summed E-state index contributed by atoms with van der Waals surface area (Å²) in [6.45, 7) is 9.84. The van der Waals surface area contributed by atoms with E-state index in [1.807, 2.05) is 33.8 Å². The van der Waals surface area contributed by atoms with E-state index in [2.05, 4.69) is 46.6 Å². The van der Waals surface area contributed by atoms with E-state index >= 15 is 0 Å². The Morgan fingerprint density at radius 2 is 1.82 bits per heavy atom. The molecule has 0 aliphatic carbocycles. The summed E-state index contributed by atoms with van der Waals surface area (Å²) in [5, 5.41) is 16.4. The first-order valence-corrected chi connectivity index (χ1v) is 10.9. The van der Waals surface area contributed by atoms with Crippen LogP contribution in [0.4, 0.5) is 11.5 Å². The second kappa shape index (κ2) is 12.1. The monoisotopic (exact) mass is 446 g/mol. The van der Waals surface area contributed by atoms with Crippen molar-refractivity contribution in [3.8, 4) is 0 Å². The summed E-state index contributed by atoms with van der Waals surface area (Å²) in [6.07, 6.45) is 4.91. The van der Waals surface area contributed by atoms with E-state index < -0.39 is 5.97 Å². The minimum absolute atomic E-state index is 0.184. The number of aromatic nitrogens is 3. The minimum atomic E-state index is -0.997. The number of nitrogens with zero attached hydrogens (tertiary/aromatic N) is 3. The van der Waals surface area contributed by atoms with Crippen molar-refractivity contribution in [2.45, 2.75) is 41.0 Å². The Labute approximate surface area is 194 Å². The number of carbonyl (C=O) groups is 2. The molecule has 0 bridgehead atoms. The van der Waals surface area contributed by atoms with Crippen molar-refractivity contribution in [1.29, 1.82) is 0 Å². The minimum Gasteiger partial charge on any atom is -0.478 e. The Kier molecular flexibility index (Phi) is 9.30. The number of benzene rings is 2. The highest BCUT2D eigenvalue weighted by Crippen LogP contribution is 2.26. The number of carboxylic acids is 1. The Morgan fingerprint density at radius 1 is 1.12 bits per heavy atom. The average molecular weight is 447 g/mol. The number of aldehydes is 1. The number of carboxylic acid groups (broad SMARTS) is 1. The summed E-state index contributed by atoms with van der Waals surface area (Å²) in [4.78, 5) is 26.4. The molecule has 2 heterocycles. The smallest absolute Gasteiger partial charge is 0.335 e.